The summed E-state index contributed by atoms with van der Waals surface area (Å²) in [6.07, 6.45) is 2.21. The molecule has 0 spiro atoms. The van der Waals surface area contributed by atoms with Crippen molar-refractivity contribution in [1.29, 1.82) is 0 Å². The second-order valence-electron chi connectivity index (χ2n) is 8.19. The van der Waals surface area contributed by atoms with E-state index in [2.05, 4.69) is 10.3 Å². The fourth-order valence-corrected chi connectivity index (χ4v) is 5.24. The van der Waals surface area contributed by atoms with Crippen LogP contribution < -0.4 is 5.32 Å². The lowest BCUT2D eigenvalue weighted by Crippen LogP contribution is -2.39. The van der Waals surface area contributed by atoms with Crippen LogP contribution in [-0.4, -0.2) is 61.5 Å². The van der Waals surface area contributed by atoms with Crippen molar-refractivity contribution in [2.24, 2.45) is 4.99 Å². The average molecular weight is 506 g/mol. The van der Waals surface area contributed by atoms with Gasteiger partial charge in [0.25, 0.3) is 0 Å². The van der Waals surface area contributed by atoms with Gasteiger partial charge in [-0.05, 0) is 42.9 Å². The van der Waals surface area contributed by atoms with Crippen LogP contribution in [0.1, 0.15) is 37.8 Å². The van der Waals surface area contributed by atoms with Crippen LogP contribution in [0.5, 0.6) is 0 Å². The predicted molar refractivity (Wildman–Crippen MR) is 131 cm³/mol. The minimum Gasteiger partial charge on any atom is -0.460 e. The van der Waals surface area contributed by atoms with Crippen LogP contribution in [0.15, 0.2) is 51.6 Å². The fourth-order valence-electron chi connectivity index (χ4n) is 4.15. The van der Waals surface area contributed by atoms with Gasteiger partial charge in [0.2, 0.25) is 5.91 Å². The van der Waals surface area contributed by atoms with Crippen molar-refractivity contribution in [1.82, 2.24) is 10.2 Å². The van der Waals surface area contributed by atoms with E-state index in [1.54, 1.807) is 26.2 Å². The van der Waals surface area contributed by atoms with Gasteiger partial charge in [0.05, 0.1) is 36.4 Å². The number of benzene rings is 1. The third kappa shape index (κ3) is 5.66. The molecule has 3 aliphatic heterocycles. The molecule has 2 atom stereocenters. The Labute approximate surface area is 208 Å². The molecular weight excluding hydrogens is 478 g/mol. The molecule has 0 saturated carbocycles. The molecule has 1 amide bonds. The Balaban J connectivity index is 1.57. The van der Waals surface area contributed by atoms with Crippen molar-refractivity contribution in [2.75, 3.05) is 33.5 Å². The fraction of sp³-hybridized carbons (Fsp3) is 0.458. The first kappa shape index (κ1) is 24.8. The number of ether oxygens (including phenoxy) is 3. The molecule has 1 aromatic rings. The number of nitrogens with zero attached hydrogens (tertiary/aromatic N) is 2. The lowest BCUT2D eigenvalue weighted by molar-refractivity contribution is -0.141. The molecule has 10 heteroatoms. The van der Waals surface area contributed by atoms with Crippen molar-refractivity contribution in [3.63, 3.8) is 0 Å². The van der Waals surface area contributed by atoms with Crippen molar-refractivity contribution in [3.05, 3.63) is 57.2 Å². The van der Waals surface area contributed by atoms with Crippen molar-refractivity contribution < 1.29 is 23.8 Å². The van der Waals surface area contributed by atoms with Crippen LogP contribution in [0.25, 0.3) is 0 Å². The molecule has 1 aromatic carbocycles. The average Bonchev–Trinajstić information content (AvgIpc) is 3.48. The van der Waals surface area contributed by atoms with Gasteiger partial charge in [0.15, 0.2) is 5.17 Å². The Morgan fingerprint density at radius 3 is 2.79 bits per heavy atom. The summed E-state index contributed by atoms with van der Waals surface area (Å²) < 4.78 is 16.1. The number of allylic oxidation sites excluding steroid dienone is 1. The largest absolute Gasteiger partial charge is 0.460 e. The zero-order valence-electron chi connectivity index (χ0n) is 19.2. The number of nitrogens with one attached hydrogen (secondary N) is 1. The summed E-state index contributed by atoms with van der Waals surface area (Å²) >= 11 is 7.56. The van der Waals surface area contributed by atoms with Gasteiger partial charge in [-0.3, -0.25) is 4.79 Å². The number of carbonyl (C=O) groups excluding carboxylic acids is 2. The molecule has 1 N–H and O–H groups in total. The molecule has 0 bridgehead atoms. The minimum atomic E-state index is -0.493. The highest BCUT2D eigenvalue weighted by Gasteiger charge is 2.41. The van der Waals surface area contributed by atoms with Crippen molar-refractivity contribution in [3.8, 4) is 0 Å². The molecular formula is C24H28ClN3O5S. The van der Waals surface area contributed by atoms with Crippen molar-refractivity contribution >= 4 is 40.4 Å². The van der Waals surface area contributed by atoms with E-state index < -0.39 is 12.0 Å². The summed E-state index contributed by atoms with van der Waals surface area (Å²) in [7, 11) is 1.55. The molecule has 0 unspecified atom stereocenters. The maximum absolute atomic E-state index is 13.1. The number of halogens is 1. The molecule has 1 fully saturated rings. The number of fused-ring (bicyclic) bond motifs is 1. The number of methoxy groups -OCH3 is 1. The van der Waals surface area contributed by atoms with Crippen LogP contribution in [0.2, 0.25) is 5.02 Å². The first-order valence-corrected chi connectivity index (χ1v) is 12.5. The summed E-state index contributed by atoms with van der Waals surface area (Å²) in [5, 5.41) is 6.20. The van der Waals surface area contributed by atoms with Gasteiger partial charge in [-0.2, -0.15) is 0 Å². The Morgan fingerprint density at radius 1 is 1.29 bits per heavy atom. The van der Waals surface area contributed by atoms with Crippen LogP contribution in [0, 0.1) is 0 Å². The summed E-state index contributed by atoms with van der Waals surface area (Å²) in [5.41, 5.74) is 2.63. The second-order valence-corrected chi connectivity index (χ2v) is 9.46. The molecule has 3 heterocycles. The van der Waals surface area contributed by atoms with E-state index >= 15 is 0 Å². The Morgan fingerprint density at radius 2 is 2.09 bits per heavy atom. The predicted octanol–water partition coefficient (Wildman–Crippen LogP) is 3.79. The zero-order valence-corrected chi connectivity index (χ0v) is 20.8. The molecule has 0 radical (unpaired) electrons. The van der Waals surface area contributed by atoms with E-state index in [4.69, 9.17) is 25.8 Å². The number of amides is 1. The van der Waals surface area contributed by atoms with Gasteiger partial charge in [-0.15, -0.1) is 0 Å². The van der Waals surface area contributed by atoms with E-state index in [0.29, 0.717) is 34.6 Å². The maximum atomic E-state index is 13.1. The second kappa shape index (κ2) is 11.4. The number of esters is 1. The summed E-state index contributed by atoms with van der Waals surface area (Å²) in [6.45, 7) is 3.48. The maximum Gasteiger partial charge on any atom is 0.338 e. The number of hydrogen-bond donors (Lipinski definition) is 1. The first-order valence-electron chi connectivity index (χ1n) is 11.2. The number of aliphatic imine (C=N–C) groups is 1. The SMILES string of the molecule is COCCOC(=O)C1=C(C)N=C2SC=C(CC(=O)NC[C@H]3CCCO3)N2[C@@H]1c1ccc(Cl)cc1. The highest BCUT2D eigenvalue weighted by atomic mass is 35.5. The lowest BCUT2D eigenvalue weighted by atomic mass is 9.94. The van der Waals surface area contributed by atoms with Gasteiger partial charge in [-0.25, -0.2) is 9.79 Å². The monoisotopic (exact) mass is 505 g/mol. The van der Waals surface area contributed by atoms with Crippen LogP contribution in [-0.2, 0) is 23.8 Å². The van der Waals surface area contributed by atoms with Gasteiger partial charge >= 0.3 is 5.97 Å². The highest BCUT2D eigenvalue weighted by molar-refractivity contribution is 8.16. The van der Waals surface area contributed by atoms with E-state index in [-0.39, 0.29) is 25.0 Å². The van der Waals surface area contributed by atoms with E-state index in [1.165, 1.54) is 11.8 Å². The molecule has 1 saturated heterocycles. The Kier molecular flexibility index (Phi) is 8.31. The number of carbonyl (C=O) groups is 2. The topological polar surface area (TPSA) is 89.5 Å². The third-order valence-electron chi connectivity index (χ3n) is 5.82. The van der Waals surface area contributed by atoms with Crippen molar-refractivity contribution in [2.45, 2.75) is 38.3 Å². The summed E-state index contributed by atoms with van der Waals surface area (Å²) in [5.74, 6) is -0.565. The van der Waals surface area contributed by atoms with E-state index in [0.717, 1.165) is 30.7 Å². The standard InChI is InChI=1S/C24H28ClN3O5S/c1-15-21(23(30)33-11-10-31-2)22(16-5-7-17(25)8-6-16)28-18(14-34-24(28)27-15)12-20(29)26-13-19-4-3-9-32-19/h5-8,14,19,22H,3-4,9-13H2,1-2H3,(H,26,29)/t19-,22-/m1/s1. The smallest absolute Gasteiger partial charge is 0.338 e. The van der Waals surface area contributed by atoms with Gasteiger partial charge in [0, 0.05) is 31.0 Å². The molecule has 182 valence electrons. The highest BCUT2D eigenvalue weighted by Crippen LogP contribution is 2.45. The molecule has 34 heavy (non-hydrogen) atoms. The number of amidine groups is 1. The molecule has 0 aliphatic carbocycles. The zero-order chi connectivity index (χ0) is 24.1. The first-order chi connectivity index (χ1) is 16.5. The van der Waals surface area contributed by atoms with Crippen LogP contribution in [0.3, 0.4) is 0 Å². The molecule has 4 rings (SSSR count). The third-order valence-corrected chi connectivity index (χ3v) is 6.96. The summed E-state index contributed by atoms with van der Waals surface area (Å²) in [6, 6.07) is 6.83. The molecule has 8 nitrogen and oxygen atoms in total. The number of rotatable bonds is 9. The quantitative estimate of drug-likeness (QED) is 0.403. The van der Waals surface area contributed by atoms with Gasteiger partial charge in [-0.1, -0.05) is 35.5 Å². The van der Waals surface area contributed by atoms with Gasteiger partial charge < -0.3 is 24.4 Å². The van der Waals surface area contributed by atoms with Crippen LogP contribution >= 0.6 is 23.4 Å². The Hall–Kier alpha value is -2.33. The summed E-state index contributed by atoms with van der Waals surface area (Å²) in [4.78, 5) is 32.5. The van der Waals surface area contributed by atoms with Gasteiger partial charge in [0.1, 0.15) is 6.61 Å². The minimum absolute atomic E-state index is 0.0730. The van der Waals surface area contributed by atoms with E-state index in [1.807, 2.05) is 22.4 Å². The Bertz CT molecular complexity index is 1020. The molecule has 0 aromatic heterocycles. The molecule has 3 aliphatic rings. The van der Waals surface area contributed by atoms with Crippen LogP contribution in [0.4, 0.5) is 0 Å². The number of hydrogen-bond acceptors (Lipinski definition) is 8. The lowest BCUT2D eigenvalue weighted by Gasteiger charge is -2.36. The van der Waals surface area contributed by atoms with E-state index in [9.17, 15) is 9.59 Å². The number of thioether (sulfide) groups is 1. The normalized spacial score (nSPS) is 21.8.